The van der Waals surface area contributed by atoms with Crippen LogP contribution in [0.2, 0.25) is 0 Å². The van der Waals surface area contributed by atoms with E-state index in [1.807, 2.05) is 24.3 Å². The molecule has 1 aromatic heterocycles. The summed E-state index contributed by atoms with van der Waals surface area (Å²) >= 11 is 3.37. The van der Waals surface area contributed by atoms with Crippen molar-refractivity contribution in [1.82, 2.24) is 14.8 Å². The summed E-state index contributed by atoms with van der Waals surface area (Å²) in [5.41, 5.74) is 0.920. The van der Waals surface area contributed by atoms with E-state index in [0.717, 1.165) is 21.0 Å². The maximum absolute atomic E-state index is 10.5. The van der Waals surface area contributed by atoms with Gasteiger partial charge in [-0.15, -0.1) is 10.2 Å². The number of nitrogens with zero attached hydrogens (tertiary/aromatic N) is 3. The molecule has 0 aliphatic heterocycles. The summed E-state index contributed by atoms with van der Waals surface area (Å²) in [6.07, 6.45) is 1.58. The van der Waals surface area contributed by atoms with Crippen molar-refractivity contribution in [2.24, 2.45) is 0 Å². The highest BCUT2D eigenvalue weighted by Crippen LogP contribution is 2.19. The lowest BCUT2D eigenvalue weighted by Crippen LogP contribution is -2.01. The van der Waals surface area contributed by atoms with Crippen LogP contribution in [0.4, 0.5) is 0 Å². The van der Waals surface area contributed by atoms with Gasteiger partial charge in [-0.25, -0.2) is 0 Å². The van der Waals surface area contributed by atoms with Gasteiger partial charge in [0.25, 0.3) is 0 Å². The average Bonchev–Trinajstić information content (AvgIpc) is 2.75. The van der Waals surface area contributed by atoms with Crippen molar-refractivity contribution in [2.45, 2.75) is 5.16 Å². The molecule has 17 heavy (non-hydrogen) atoms. The molecule has 0 bridgehead atoms. The molecule has 0 aliphatic carbocycles. The van der Waals surface area contributed by atoms with E-state index < -0.39 is 5.97 Å². The zero-order valence-corrected chi connectivity index (χ0v) is 11.6. The molecule has 0 radical (unpaired) electrons. The molecular weight excluding hydrogens is 353 g/mol. The van der Waals surface area contributed by atoms with Gasteiger partial charge in [-0.3, -0.25) is 9.36 Å². The summed E-state index contributed by atoms with van der Waals surface area (Å²) in [6.45, 7) is 0. The molecule has 0 saturated carbocycles. The van der Waals surface area contributed by atoms with Crippen molar-refractivity contribution in [2.75, 3.05) is 5.75 Å². The number of aliphatic carboxylic acids is 1. The summed E-state index contributed by atoms with van der Waals surface area (Å²) in [5.74, 6) is -0.893. The van der Waals surface area contributed by atoms with Gasteiger partial charge in [0.05, 0.1) is 5.75 Å². The van der Waals surface area contributed by atoms with Crippen LogP contribution in [-0.2, 0) is 4.79 Å². The van der Waals surface area contributed by atoms with Gasteiger partial charge in [0.1, 0.15) is 6.33 Å². The molecule has 2 rings (SSSR count). The molecule has 0 fully saturated rings. The highest BCUT2D eigenvalue weighted by Gasteiger charge is 2.08. The Bertz CT molecular complexity index is 527. The first-order valence-corrected chi connectivity index (χ1v) is 6.74. The summed E-state index contributed by atoms with van der Waals surface area (Å²) < 4.78 is 2.91. The van der Waals surface area contributed by atoms with Gasteiger partial charge in [-0.2, -0.15) is 0 Å². The van der Waals surface area contributed by atoms with Crippen LogP contribution in [0.3, 0.4) is 0 Å². The van der Waals surface area contributed by atoms with E-state index in [9.17, 15) is 4.79 Å². The second-order valence-electron chi connectivity index (χ2n) is 3.14. The van der Waals surface area contributed by atoms with Crippen LogP contribution in [0, 0.1) is 3.57 Å². The molecule has 0 unspecified atom stereocenters. The number of benzene rings is 1. The summed E-state index contributed by atoms with van der Waals surface area (Å²) in [5, 5.41) is 16.9. The third-order valence-electron chi connectivity index (χ3n) is 1.95. The van der Waals surface area contributed by atoms with E-state index in [0.29, 0.717) is 5.16 Å². The molecule has 7 heteroatoms. The second-order valence-corrected chi connectivity index (χ2v) is 5.33. The highest BCUT2D eigenvalue weighted by atomic mass is 127. The number of rotatable bonds is 4. The molecule has 0 atom stereocenters. The first kappa shape index (κ1) is 12.4. The van der Waals surface area contributed by atoms with E-state index in [2.05, 4.69) is 32.8 Å². The predicted molar refractivity (Wildman–Crippen MR) is 72.4 cm³/mol. The molecule has 0 aliphatic rings. The Labute approximate surface area is 115 Å². The molecule has 5 nitrogen and oxygen atoms in total. The highest BCUT2D eigenvalue weighted by molar-refractivity contribution is 14.1. The molecule has 2 aromatic rings. The quantitative estimate of drug-likeness (QED) is 0.667. The number of aromatic nitrogens is 3. The van der Waals surface area contributed by atoms with Crippen LogP contribution < -0.4 is 0 Å². The fourth-order valence-electron chi connectivity index (χ4n) is 1.23. The van der Waals surface area contributed by atoms with E-state index in [1.54, 1.807) is 10.9 Å². The molecular formula is C10H8IN3O2S. The first-order valence-electron chi connectivity index (χ1n) is 4.67. The number of carboxylic acids is 1. The zero-order chi connectivity index (χ0) is 12.3. The van der Waals surface area contributed by atoms with Gasteiger partial charge in [0.15, 0.2) is 5.16 Å². The predicted octanol–water partition coefficient (Wildman–Crippen LogP) is 2.05. The Kier molecular flexibility index (Phi) is 4.00. The monoisotopic (exact) mass is 361 g/mol. The van der Waals surface area contributed by atoms with Gasteiger partial charge in [0, 0.05) is 9.26 Å². The summed E-state index contributed by atoms with van der Waals surface area (Å²) in [6, 6.07) is 7.83. The van der Waals surface area contributed by atoms with Crippen LogP contribution in [0.15, 0.2) is 35.7 Å². The molecule has 1 aromatic carbocycles. The van der Waals surface area contributed by atoms with E-state index in [-0.39, 0.29) is 5.75 Å². The normalized spacial score (nSPS) is 10.4. The summed E-state index contributed by atoms with van der Waals surface area (Å²) in [7, 11) is 0. The smallest absolute Gasteiger partial charge is 0.313 e. The van der Waals surface area contributed by atoms with Crippen molar-refractivity contribution in [3.63, 3.8) is 0 Å². The molecule has 0 spiro atoms. The minimum Gasteiger partial charge on any atom is -0.481 e. The molecule has 0 amide bonds. The molecule has 88 valence electrons. The minimum absolute atomic E-state index is 0.0247. The maximum atomic E-state index is 10.5. The Hall–Kier alpha value is -1.09. The van der Waals surface area contributed by atoms with E-state index in [4.69, 9.17) is 5.11 Å². The van der Waals surface area contributed by atoms with Crippen LogP contribution in [-0.4, -0.2) is 31.6 Å². The number of thioether (sulfide) groups is 1. The van der Waals surface area contributed by atoms with E-state index >= 15 is 0 Å². The standard InChI is InChI=1S/C10H8IN3O2S/c11-7-1-3-8(4-2-7)14-6-12-13-10(14)17-5-9(15)16/h1-4,6H,5H2,(H,15,16). The van der Waals surface area contributed by atoms with Crippen molar-refractivity contribution < 1.29 is 9.90 Å². The van der Waals surface area contributed by atoms with Crippen LogP contribution in [0.1, 0.15) is 0 Å². The Morgan fingerprint density at radius 2 is 2.12 bits per heavy atom. The number of carboxylic acid groups (broad SMARTS) is 1. The topological polar surface area (TPSA) is 68.0 Å². The Morgan fingerprint density at radius 1 is 1.41 bits per heavy atom. The van der Waals surface area contributed by atoms with Crippen LogP contribution in [0.5, 0.6) is 0 Å². The lowest BCUT2D eigenvalue weighted by Gasteiger charge is -2.04. The number of carbonyl (C=O) groups is 1. The lowest BCUT2D eigenvalue weighted by atomic mass is 10.3. The van der Waals surface area contributed by atoms with Gasteiger partial charge < -0.3 is 5.11 Å². The number of hydrogen-bond donors (Lipinski definition) is 1. The van der Waals surface area contributed by atoms with E-state index in [1.165, 1.54) is 0 Å². The fraction of sp³-hybridized carbons (Fsp3) is 0.100. The minimum atomic E-state index is -0.868. The number of halogens is 1. The third-order valence-corrected chi connectivity index (χ3v) is 3.59. The Balaban J connectivity index is 2.24. The van der Waals surface area contributed by atoms with Gasteiger partial charge in [-0.1, -0.05) is 11.8 Å². The van der Waals surface area contributed by atoms with Crippen molar-refractivity contribution in [3.05, 3.63) is 34.2 Å². The first-order chi connectivity index (χ1) is 8.16. The summed E-state index contributed by atoms with van der Waals surface area (Å²) in [4.78, 5) is 10.5. The van der Waals surface area contributed by atoms with Crippen LogP contribution in [0.25, 0.3) is 5.69 Å². The molecule has 1 N–H and O–H groups in total. The largest absolute Gasteiger partial charge is 0.481 e. The second kappa shape index (κ2) is 5.50. The van der Waals surface area contributed by atoms with Gasteiger partial charge in [0.2, 0.25) is 0 Å². The van der Waals surface area contributed by atoms with Gasteiger partial charge >= 0.3 is 5.97 Å². The SMILES string of the molecule is O=C(O)CSc1nncn1-c1ccc(I)cc1. The molecule has 0 saturated heterocycles. The van der Waals surface area contributed by atoms with Gasteiger partial charge in [-0.05, 0) is 46.9 Å². The lowest BCUT2D eigenvalue weighted by molar-refractivity contribution is -0.133. The third kappa shape index (κ3) is 3.19. The van der Waals surface area contributed by atoms with Crippen molar-refractivity contribution >= 4 is 40.3 Å². The Morgan fingerprint density at radius 3 is 2.76 bits per heavy atom. The molecule has 1 heterocycles. The zero-order valence-electron chi connectivity index (χ0n) is 8.58. The average molecular weight is 361 g/mol. The number of hydrogen-bond acceptors (Lipinski definition) is 4. The maximum Gasteiger partial charge on any atom is 0.313 e. The fourth-order valence-corrected chi connectivity index (χ4v) is 2.24. The van der Waals surface area contributed by atoms with Crippen molar-refractivity contribution in [3.8, 4) is 5.69 Å². The van der Waals surface area contributed by atoms with Crippen molar-refractivity contribution in [1.29, 1.82) is 0 Å². The van der Waals surface area contributed by atoms with Crippen LogP contribution >= 0.6 is 34.4 Å².